The van der Waals surface area contributed by atoms with Crippen LogP contribution in [0.2, 0.25) is 5.02 Å². The van der Waals surface area contributed by atoms with Crippen molar-refractivity contribution in [2.75, 3.05) is 19.0 Å². The molecule has 0 radical (unpaired) electrons. The molecule has 26 heavy (non-hydrogen) atoms. The fraction of sp³-hybridized carbons (Fsp3) is 0.474. The number of anilines is 1. The first kappa shape index (κ1) is 20.9. The summed E-state index contributed by atoms with van der Waals surface area (Å²) in [6, 6.07) is 5.74. The molecular weight excluding hydrogens is 388 g/mol. The number of thiophene rings is 1. The fourth-order valence-corrected chi connectivity index (χ4v) is 4.39. The maximum absolute atomic E-state index is 11.8. The summed E-state index contributed by atoms with van der Waals surface area (Å²) in [5, 5.41) is 8.40. The molecule has 2 rings (SSSR count). The van der Waals surface area contributed by atoms with Crippen molar-refractivity contribution in [2.45, 2.75) is 39.5 Å². The molecule has 0 saturated carbocycles. The standard InChI is InChI=1S/C19H25ClN2O2S2/c1-4-6-7-12(5-2)11-21-19(25)22-13-8-9-14-15(10-13)26-17(16(14)20)18(23)24-3/h8-10,12H,4-7,11H2,1-3H3,(H2,21,22,25). The molecule has 0 fully saturated rings. The molecule has 1 heterocycles. The molecule has 0 aliphatic heterocycles. The number of rotatable bonds is 8. The molecule has 2 N–H and O–H groups in total. The van der Waals surface area contributed by atoms with E-state index in [0.717, 1.165) is 28.7 Å². The van der Waals surface area contributed by atoms with Gasteiger partial charge in [-0.15, -0.1) is 11.3 Å². The molecule has 0 amide bonds. The Labute approximate surface area is 169 Å². The van der Waals surface area contributed by atoms with Gasteiger partial charge in [-0.1, -0.05) is 44.7 Å². The third-order valence-electron chi connectivity index (χ3n) is 4.35. The van der Waals surface area contributed by atoms with Gasteiger partial charge in [0.25, 0.3) is 0 Å². The van der Waals surface area contributed by atoms with Crippen LogP contribution in [0.15, 0.2) is 18.2 Å². The molecule has 0 spiro atoms. The summed E-state index contributed by atoms with van der Waals surface area (Å²) in [6.07, 6.45) is 4.83. The minimum absolute atomic E-state index is 0.416. The Bertz CT molecular complexity index is 776. The molecule has 0 saturated heterocycles. The van der Waals surface area contributed by atoms with Gasteiger partial charge in [-0.05, 0) is 42.8 Å². The van der Waals surface area contributed by atoms with Crippen molar-refractivity contribution in [1.29, 1.82) is 0 Å². The molecular formula is C19H25ClN2O2S2. The van der Waals surface area contributed by atoms with E-state index in [4.69, 9.17) is 28.6 Å². The van der Waals surface area contributed by atoms with Crippen LogP contribution in [0.1, 0.15) is 49.2 Å². The SMILES string of the molecule is CCCCC(CC)CNC(=S)Nc1ccc2c(Cl)c(C(=O)OC)sc2c1. The van der Waals surface area contributed by atoms with E-state index >= 15 is 0 Å². The van der Waals surface area contributed by atoms with Crippen LogP contribution < -0.4 is 10.6 Å². The van der Waals surface area contributed by atoms with Gasteiger partial charge >= 0.3 is 5.97 Å². The maximum atomic E-state index is 11.8. The number of hydrogen-bond donors (Lipinski definition) is 2. The number of carbonyl (C=O) groups excluding carboxylic acids is 1. The van der Waals surface area contributed by atoms with Gasteiger partial charge in [0.15, 0.2) is 5.11 Å². The number of hydrogen-bond acceptors (Lipinski definition) is 4. The van der Waals surface area contributed by atoms with Crippen LogP contribution in [0.5, 0.6) is 0 Å². The molecule has 1 atom stereocenters. The zero-order valence-corrected chi connectivity index (χ0v) is 17.7. The number of carbonyl (C=O) groups is 1. The normalized spacial score (nSPS) is 12.0. The highest BCUT2D eigenvalue weighted by molar-refractivity contribution is 7.80. The minimum atomic E-state index is -0.416. The monoisotopic (exact) mass is 412 g/mol. The number of thiocarbonyl (C=S) groups is 1. The Kier molecular flexibility index (Phi) is 8.13. The lowest BCUT2D eigenvalue weighted by atomic mass is 9.99. The van der Waals surface area contributed by atoms with Gasteiger partial charge in [-0.2, -0.15) is 0 Å². The van der Waals surface area contributed by atoms with Crippen molar-refractivity contribution in [3.05, 3.63) is 28.1 Å². The molecule has 1 aromatic carbocycles. The number of fused-ring (bicyclic) bond motifs is 1. The number of nitrogens with one attached hydrogen (secondary N) is 2. The van der Waals surface area contributed by atoms with Crippen molar-refractivity contribution in [2.24, 2.45) is 5.92 Å². The highest BCUT2D eigenvalue weighted by Crippen LogP contribution is 2.37. The van der Waals surface area contributed by atoms with Crippen molar-refractivity contribution < 1.29 is 9.53 Å². The lowest BCUT2D eigenvalue weighted by molar-refractivity contribution is 0.0606. The molecule has 0 aliphatic carbocycles. The third-order valence-corrected chi connectivity index (χ3v) is 6.24. The van der Waals surface area contributed by atoms with E-state index in [0.29, 0.717) is 20.9 Å². The average molecular weight is 413 g/mol. The number of unbranched alkanes of at least 4 members (excludes halogenated alkanes) is 1. The highest BCUT2D eigenvalue weighted by Gasteiger charge is 2.17. The van der Waals surface area contributed by atoms with Crippen LogP contribution in [0.4, 0.5) is 5.69 Å². The molecule has 7 heteroatoms. The van der Waals surface area contributed by atoms with E-state index < -0.39 is 5.97 Å². The van der Waals surface area contributed by atoms with Crippen LogP contribution in [-0.4, -0.2) is 24.7 Å². The van der Waals surface area contributed by atoms with Crippen molar-refractivity contribution in [1.82, 2.24) is 5.32 Å². The van der Waals surface area contributed by atoms with Crippen LogP contribution in [-0.2, 0) is 4.74 Å². The Morgan fingerprint density at radius 1 is 1.38 bits per heavy atom. The zero-order valence-electron chi connectivity index (χ0n) is 15.4. The number of halogens is 1. The van der Waals surface area contributed by atoms with Gasteiger partial charge in [0, 0.05) is 22.3 Å². The lowest BCUT2D eigenvalue weighted by Gasteiger charge is -2.17. The maximum Gasteiger partial charge on any atom is 0.349 e. The van der Waals surface area contributed by atoms with Crippen LogP contribution >= 0.6 is 35.2 Å². The van der Waals surface area contributed by atoms with Gasteiger partial charge in [-0.3, -0.25) is 0 Å². The molecule has 142 valence electrons. The topological polar surface area (TPSA) is 50.4 Å². The summed E-state index contributed by atoms with van der Waals surface area (Å²) in [6.45, 7) is 5.30. The second kappa shape index (κ2) is 10.1. The first-order valence-corrected chi connectivity index (χ1v) is 10.5. The van der Waals surface area contributed by atoms with Crippen molar-refractivity contribution in [3.8, 4) is 0 Å². The molecule has 0 aliphatic rings. The Balaban J connectivity index is 2.02. The number of esters is 1. The van der Waals surface area contributed by atoms with Gasteiger partial charge < -0.3 is 15.4 Å². The van der Waals surface area contributed by atoms with E-state index in [1.807, 2.05) is 18.2 Å². The van der Waals surface area contributed by atoms with Crippen LogP contribution in [0.25, 0.3) is 10.1 Å². The van der Waals surface area contributed by atoms with E-state index in [2.05, 4.69) is 24.5 Å². The van der Waals surface area contributed by atoms with E-state index in [1.54, 1.807) is 0 Å². The Hall–Kier alpha value is -1.37. The predicted molar refractivity (Wildman–Crippen MR) is 116 cm³/mol. The highest BCUT2D eigenvalue weighted by atomic mass is 35.5. The van der Waals surface area contributed by atoms with Crippen LogP contribution in [0, 0.1) is 5.92 Å². The zero-order chi connectivity index (χ0) is 19.1. The molecule has 4 nitrogen and oxygen atoms in total. The number of benzene rings is 1. The summed E-state index contributed by atoms with van der Waals surface area (Å²) < 4.78 is 5.69. The smallest absolute Gasteiger partial charge is 0.349 e. The summed E-state index contributed by atoms with van der Waals surface area (Å²) in [5.74, 6) is 0.219. The summed E-state index contributed by atoms with van der Waals surface area (Å²) in [4.78, 5) is 12.2. The lowest BCUT2D eigenvalue weighted by Crippen LogP contribution is -2.32. The minimum Gasteiger partial charge on any atom is -0.465 e. The summed E-state index contributed by atoms with van der Waals surface area (Å²) in [7, 11) is 1.35. The second-order valence-electron chi connectivity index (χ2n) is 6.20. The predicted octanol–water partition coefficient (Wildman–Crippen LogP) is 5.84. The fourth-order valence-electron chi connectivity index (χ4n) is 2.72. The first-order chi connectivity index (χ1) is 12.5. The van der Waals surface area contributed by atoms with Gasteiger partial charge in [0.05, 0.1) is 12.1 Å². The summed E-state index contributed by atoms with van der Waals surface area (Å²) in [5.41, 5.74) is 0.867. The largest absolute Gasteiger partial charge is 0.465 e. The van der Waals surface area contributed by atoms with E-state index in [1.165, 1.54) is 37.7 Å². The first-order valence-electron chi connectivity index (χ1n) is 8.85. The quantitative estimate of drug-likeness (QED) is 0.421. The second-order valence-corrected chi connectivity index (χ2v) is 8.04. The molecule has 1 aromatic heterocycles. The van der Waals surface area contributed by atoms with Gasteiger partial charge in [0.1, 0.15) is 4.88 Å². The third kappa shape index (κ3) is 5.32. The van der Waals surface area contributed by atoms with Crippen LogP contribution in [0.3, 0.4) is 0 Å². The molecule has 0 bridgehead atoms. The number of ether oxygens (including phenoxy) is 1. The van der Waals surface area contributed by atoms with Gasteiger partial charge in [0.2, 0.25) is 0 Å². The molecule has 1 unspecified atom stereocenters. The van der Waals surface area contributed by atoms with Crippen molar-refractivity contribution >= 4 is 62.0 Å². The Morgan fingerprint density at radius 2 is 2.15 bits per heavy atom. The average Bonchev–Trinajstić information content (AvgIpc) is 2.97. The van der Waals surface area contributed by atoms with Crippen molar-refractivity contribution in [3.63, 3.8) is 0 Å². The van der Waals surface area contributed by atoms with E-state index in [-0.39, 0.29) is 0 Å². The Morgan fingerprint density at radius 3 is 2.81 bits per heavy atom. The van der Waals surface area contributed by atoms with Gasteiger partial charge in [-0.25, -0.2) is 4.79 Å². The summed E-state index contributed by atoms with van der Waals surface area (Å²) >= 11 is 13.0. The molecule has 2 aromatic rings. The number of methoxy groups -OCH3 is 1. The van der Waals surface area contributed by atoms with E-state index in [9.17, 15) is 4.79 Å².